The zero-order valence-corrected chi connectivity index (χ0v) is 18.8. The van der Waals surface area contributed by atoms with Crippen LogP contribution < -0.4 is 20.7 Å². The molecule has 7 heteroatoms. The van der Waals surface area contributed by atoms with Gasteiger partial charge in [0, 0.05) is 38.0 Å². The minimum Gasteiger partial charge on any atom is -0.484 e. The van der Waals surface area contributed by atoms with E-state index in [1.807, 2.05) is 82.4 Å². The second-order valence-electron chi connectivity index (χ2n) is 7.56. The number of hydrogen-bond acceptors (Lipinski definition) is 7. The Morgan fingerprint density at radius 1 is 1.13 bits per heavy atom. The Hall–Kier alpha value is -3.45. The third kappa shape index (κ3) is 5.38. The van der Waals surface area contributed by atoms with E-state index >= 15 is 0 Å². The van der Waals surface area contributed by atoms with Crippen molar-refractivity contribution in [2.45, 2.75) is 20.0 Å². The predicted octanol–water partition coefficient (Wildman–Crippen LogP) is 3.91. The van der Waals surface area contributed by atoms with Crippen LogP contribution >= 0.6 is 0 Å². The maximum absolute atomic E-state index is 6.38. The molecule has 0 fully saturated rings. The van der Waals surface area contributed by atoms with Gasteiger partial charge in [-0.15, -0.1) is 5.10 Å². The van der Waals surface area contributed by atoms with Crippen LogP contribution in [-0.2, 0) is 0 Å². The van der Waals surface area contributed by atoms with Crippen molar-refractivity contribution in [2.24, 2.45) is 4.99 Å². The summed E-state index contributed by atoms with van der Waals surface area (Å²) < 4.78 is 6.28. The summed E-state index contributed by atoms with van der Waals surface area (Å²) in [6.45, 7) is 4.52. The Kier molecular flexibility index (Phi) is 7.20. The summed E-state index contributed by atoms with van der Waals surface area (Å²) in [6, 6.07) is 17.9. The molecule has 0 saturated heterocycles. The first-order valence-corrected chi connectivity index (χ1v) is 10.2. The molecule has 3 rings (SSSR count). The number of nitrogens with one attached hydrogen (secondary N) is 1. The lowest BCUT2D eigenvalue weighted by atomic mass is 10.1. The minimum atomic E-state index is -0.100. The standard InChI is InChI=1S/C24H30N6O/c1-16(22-17(2)28-29-24(23(22)25)30(4)5)27-19-12-9-13-20(14-19)31-21(15-26-3)18-10-7-6-8-11-18/h6-14,21,26H,15H2,1-5H3,(H2,25,28). The molecule has 1 aromatic heterocycles. The van der Waals surface area contributed by atoms with Crippen LogP contribution in [0.15, 0.2) is 59.6 Å². The van der Waals surface area contributed by atoms with Gasteiger partial charge in [0.25, 0.3) is 0 Å². The van der Waals surface area contributed by atoms with Crippen LogP contribution in [0.3, 0.4) is 0 Å². The highest BCUT2D eigenvalue weighted by Crippen LogP contribution is 2.28. The first-order chi connectivity index (χ1) is 14.9. The summed E-state index contributed by atoms with van der Waals surface area (Å²) in [5, 5.41) is 11.6. The summed E-state index contributed by atoms with van der Waals surface area (Å²) in [4.78, 5) is 6.64. The van der Waals surface area contributed by atoms with E-state index in [-0.39, 0.29) is 6.10 Å². The van der Waals surface area contributed by atoms with Gasteiger partial charge in [-0.3, -0.25) is 4.99 Å². The van der Waals surface area contributed by atoms with Gasteiger partial charge in [-0.25, -0.2) is 0 Å². The van der Waals surface area contributed by atoms with E-state index in [0.717, 1.165) is 34.0 Å². The van der Waals surface area contributed by atoms with Gasteiger partial charge in [0.2, 0.25) is 0 Å². The summed E-state index contributed by atoms with van der Waals surface area (Å²) in [6.07, 6.45) is -0.100. The van der Waals surface area contributed by atoms with E-state index < -0.39 is 0 Å². The zero-order chi connectivity index (χ0) is 22.4. The summed E-state index contributed by atoms with van der Waals surface area (Å²) >= 11 is 0. The Morgan fingerprint density at radius 3 is 2.55 bits per heavy atom. The van der Waals surface area contributed by atoms with Crippen molar-refractivity contribution in [1.82, 2.24) is 15.5 Å². The van der Waals surface area contributed by atoms with Gasteiger partial charge >= 0.3 is 0 Å². The molecule has 0 spiro atoms. The van der Waals surface area contributed by atoms with Gasteiger partial charge in [0.15, 0.2) is 5.82 Å². The highest BCUT2D eigenvalue weighted by atomic mass is 16.5. The number of benzene rings is 2. The molecule has 31 heavy (non-hydrogen) atoms. The van der Waals surface area contributed by atoms with Crippen LogP contribution in [0.1, 0.15) is 29.8 Å². The number of rotatable bonds is 8. The van der Waals surface area contributed by atoms with Crippen molar-refractivity contribution < 1.29 is 4.74 Å². The van der Waals surface area contributed by atoms with Gasteiger partial charge in [-0.05, 0) is 38.6 Å². The number of anilines is 2. The maximum atomic E-state index is 6.38. The van der Waals surface area contributed by atoms with Crippen molar-refractivity contribution in [3.8, 4) is 5.75 Å². The fraction of sp³-hybridized carbons (Fsp3) is 0.292. The van der Waals surface area contributed by atoms with E-state index in [2.05, 4.69) is 27.6 Å². The average molecular weight is 419 g/mol. The lowest BCUT2D eigenvalue weighted by molar-refractivity contribution is 0.205. The maximum Gasteiger partial charge on any atom is 0.174 e. The fourth-order valence-electron chi connectivity index (χ4n) is 3.44. The SMILES string of the molecule is CNCC(Oc1cccc(N=C(C)c2c(C)nnc(N(C)C)c2N)c1)c1ccccc1. The Balaban J connectivity index is 1.90. The molecule has 3 aromatic rings. The normalized spacial score (nSPS) is 12.5. The van der Waals surface area contributed by atoms with E-state index in [0.29, 0.717) is 18.1 Å². The molecule has 0 radical (unpaired) electrons. The number of aliphatic imine (C=N–C) groups is 1. The van der Waals surface area contributed by atoms with Crippen LogP contribution in [0.4, 0.5) is 17.2 Å². The second kappa shape index (κ2) is 10.0. The molecule has 0 aliphatic carbocycles. The predicted molar refractivity (Wildman–Crippen MR) is 128 cm³/mol. The Labute approximate surface area is 184 Å². The number of hydrogen-bond donors (Lipinski definition) is 2. The van der Waals surface area contributed by atoms with Crippen molar-refractivity contribution >= 4 is 22.9 Å². The topological polar surface area (TPSA) is 88.7 Å². The number of aromatic nitrogens is 2. The van der Waals surface area contributed by atoms with Crippen molar-refractivity contribution in [3.05, 3.63) is 71.4 Å². The van der Waals surface area contributed by atoms with Crippen LogP contribution in [0, 0.1) is 6.92 Å². The minimum absolute atomic E-state index is 0.100. The number of nitrogen functional groups attached to an aromatic ring is 1. The molecule has 1 heterocycles. The van der Waals surface area contributed by atoms with Gasteiger partial charge in [-0.2, -0.15) is 5.10 Å². The van der Waals surface area contributed by atoms with Crippen LogP contribution in [0.5, 0.6) is 5.75 Å². The van der Waals surface area contributed by atoms with Gasteiger partial charge in [0.1, 0.15) is 11.9 Å². The summed E-state index contributed by atoms with van der Waals surface area (Å²) in [5.74, 6) is 1.38. The molecule has 7 nitrogen and oxygen atoms in total. The highest BCUT2D eigenvalue weighted by molar-refractivity contribution is 6.06. The van der Waals surface area contributed by atoms with Gasteiger partial charge in [-0.1, -0.05) is 36.4 Å². The van der Waals surface area contributed by atoms with Crippen LogP contribution in [0.25, 0.3) is 0 Å². The van der Waals surface area contributed by atoms with Crippen molar-refractivity contribution in [2.75, 3.05) is 38.3 Å². The van der Waals surface area contributed by atoms with E-state index in [9.17, 15) is 0 Å². The van der Waals surface area contributed by atoms with Gasteiger partial charge < -0.3 is 20.7 Å². The number of ether oxygens (including phenoxy) is 1. The molecule has 1 atom stereocenters. The number of nitrogens with two attached hydrogens (primary N) is 1. The summed E-state index contributed by atoms with van der Waals surface area (Å²) in [7, 11) is 5.70. The van der Waals surface area contributed by atoms with Crippen molar-refractivity contribution in [3.63, 3.8) is 0 Å². The molecule has 0 aliphatic rings. The Morgan fingerprint density at radius 2 is 1.87 bits per heavy atom. The smallest absolute Gasteiger partial charge is 0.174 e. The molecule has 0 amide bonds. The number of likely N-dealkylation sites (N-methyl/N-ethyl adjacent to an activating group) is 1. The number of aryl methyl sites for hydroxylation is 1. The zero-order valence-electron chi connectivity index (χ0n) is 18.8. The fourth-order valence-corrected chi connectivity index (χ4v) is 3.44. The van der Waals surface area contributed by atoms with E-state index in [1.54, 1.807) is 0 Å². The van der Waals surface area contributed by atoms with Crippen LogP contribution in [-0.4, -0.2) is 43.6 Å². The molecule has 162 valence electrons. The molecular formula is C24H30N6O. The van der Waals surface area contributed by atoms with Gasteiger partial charge in [0.05, 0.1) is 17.1 Å². The van der Waals surface area contributed by atoms with E-state index in [1.165, 1.54) is 0 Å². The van der Waals surface area contributed by atoms with Crippen LogP contribution in [0.2, 0.25) is 0 Å². The monoisotopic (exact) mass is 418 g/mol. The summed E-state index contributed by atoms with van der Waals surface area (Å²) in [5.41, 5.74) is 11.2. The first-order valence-electron chi connectivity index (χ1n) is 10.2. The first kappa shape index (κ1) is 22.2. The number of nitrogens with zero attached hydrogens (tertiary/aromatic N) is 4. The lowest BCUT2D eigenvalue weighted by Gasteiger charge is -2.19. The molecule has 0 bridgehead atoms. The molecule has 0 saturated carbocycles. The van der Waals surface area contributed by atoms with Crippen molar-refractivity contribution in [1.29, 1.82) is 0 Å². The third-order valence-corrected chi connectivity index (χ3v) is 4.91. The quantitative estimate of drug-likeness (QED) is 0.539. The van der Waals surface area contributed by atoms with E-state index in [4.69, 9.17) is 15.5 Å². The molecule has 3 N–H and O–H groups in total. The highest BCUT2D eigenvalue weighted by Gasteiger charge is 2.16. The molecular weight excluding hydrogens is 388 g/mol. The lowest BCUT2D eigenvalue weighted by Crippen LogP contribution is -2.21. The Bertz CT molecular complexity index is 1050. The largest absolute Gasteiger partial charge is 0.484 e. The molecule has 0 aliphatic heterocycles. The average Bonchev–Trinajstić information content (AvgIpc) is 2.74. The second-order valence-corrected chi connectivity index (χ2v) is 7.56. The third-order valence-electron chi connectivity index (χ3n) is 4.91. The molecule has 1 unspecified atom stereocenters. The molecule has 2 aromatic carbocycles.